The van der Waals surface area contributed by atoms with Crippen molar-refractivity contribution >= 4 is 43.1 Å². The average Bonchev–Trinajstić information content (AvgIpc) is 3.49. The summed E-state index contributed by atoms with van der Waals surface area (Å²) in [4.78, 5) is 10.9. The zero-order valence-electron chi connectivity index (χ0n) is 30.7. The highest BCUT2D eigenvalue weighted by molar-refractivity contribution is 6.25. The number of rotatable bonds is 4. The fourth-order valence-electron chi connectivity index (χ4n) is 9.08. The number of benzene rings is 9. The molecule has 258 valence electrons. The van der Waals surface area contributed by atoms with Gasteiger partial charge in [-0.1, -0.05) is 178 Å². The van der Waals surface area contributed by atoms with Gasteiger partial charge in [-0.2, -0.15) is 0 Å². The highest BCUT2D eigenvalue weighted by Gasteiger charge is 2.40. The van der Waals surface area contributed by atoms with Crippen LogP contribution in [0.5, 0.6) is 0 Å². The predicted octanol–water partition coefficient (Wildman–Crippen LogP) is 14.1. The number of hydrogen-bond donors (Lipinski definition) is 0. The van der Waals surface area contributed by atoms with E-state index >= 15 is 0 Å². The summed E-state index contributed by atoms with van der Waals surface area (Å²) in [6.07, 6.45) is 0. The molecule has 0 bridgehead atoms. The minimum absolute atomic E-state index is 0.292. The number of hydrogen-bond acceptors (Lipinski definition) is 2. The van der Waals surface area contributed by atoms with Crippen molar-refractivity contribution in [3.63, 3.8) is 0 Å². The predicted molar refractivity (Wildman–Crippen MR) is 231 cm³/mol. The molecule has 0 atom stereocenters. The summed E-state index contributed by atoms with van der Waals surface area (Å²) in [5, 5.41) is 10.2. The van der Waals surface area contributed by atoms with Crippen molar-refractivity contribution in [2.45, 2.75) is 19.3 Å². The smallest absolute Gasteiger partial charge is 0.160 e. The van der Waals surface area contributed by atoms with Crippen LogP contribution in [0.25, 0.3) is 99.1 Å². The van der Waals surface area contributed by atoms with Gasteiger partial charge in [-0.05, 0) is 94.7 Å². The highest BCUT2D eigenvalue weighted by Crippen LogP contribution is 2.53. The van der Waals surface area contributed by atoms with Crippen molar-refractivity contribution in [1.29, 1.82) is 0 Å². The van der Waals surface area contributed by atoms with Gasteiger partial charge in [0.15, 0.2) is 5.82 Å². The van der Waals surface area contributed by atoms with Crippen LogP contribution >= 0.6 is 0 Å². The molecule has 0 saturated carbocycles. The van der Waals surface area contributed by atoms with E-state index in [1.165, 1.54) is 65.3 Å². The van der Waals surface area contributed by atoms with Crippen LogP contribution < -0.4 is 0 Å². The second kappa shape index (κ2) is 12.1. The summed E-state index contributed by atoms with van der Waals surface area (Å²) < 4.78 is 0. The Morgan fingerprint density at radius 2 is 0.855 bits per heavy atom. The molecule has 0 saturated heterocycles. The van der Waals surface area contributed by atoms with E-state index < -0.39 is 0 Å². The molecule has 0 spiro atoms. The second-order valence-electron chi connectivity index (χ2n) is 15.3. The van der Waals surface area contributed by atoms with Gasteiger partial charge in [-0.3, -0.25) is 0 Å². The van der Waals surface area contributed by atoms with Gasteiger partial charge in [0, 0.05) is 22.1 Å². The van der Waals surface area contributed by atoms with E-state index in [4.69, 9.17) is 9.97 Å². The van der Waals surface area contributed by atoms with Gasteiger partial charge in [-0.15, -0.1) is 0 Å². The molecule has 10 aromatic rings. The van der Waals surface area contributed by atoms with Crippen LogP contribution in [0.4, 0.5) is 0 Å². The molecule has 0 amide bonds. The van der Waals surface area contributed by atoms with Crippen molar-refractivity contribution in [2.24, 2.45) is 0 Å². The molecule has 0 N–H and O–H groups in total. The second-order valence-corrected chi connectivity index (χ2v) is 15.3. The Balaban J connectivity index is 1.04. The minimum atomic E-state index is -0.292. The van der Waals surface area contributed by atoms with Crippen molar-refractivity contribution in [3.05, 3.63) is 193 Å². The molecule has 1 aliphatic rings. The zero-order chi connectivity index (χ0) is 36.7. The van der Waals surface area contributed by atoms with Gasteiger partial charge < -0.3 is 0 Å². The van der Waals surface area contributed by atoms with Crippen LogP contribution in [-0.2, 0) is 5.41 Å². The molecule has 2 nitrogen and oxygen atoms in total. The maximum Gasteiger partial charge on any atom is 0.160 e. The summed E-state index contributed by atoms with van der Waals surface area (Å²) >= 11 is 0. The maximum absolute atomic E-state index is 5.45. The highest BCUT2D eigenvalue weighted by atomic mass is 14.9. The van der Waals surface area contributed by atoms with Crippen LogP contribution in [0, 0.1) is 0 Å². The maximum atomic E-state index is 5.45. The van der Waals surface area contributed by atoms with E-state index in [0.717, 1.165) is 45.0 Å². The lowest BCUT2D eigenvalue weighted by Gasteiger charge is -2.21. The fourth-order valence-corrected chi connectivity index (χ4v) is 9.08. The Kier molecular flexibility index (Phi) is 6.93. The molecule has 1 aromatic heterocycles. The van der Waals surface area contributed by atoms with E-state index in [0.29, 0.717) is 0 Å². The standard InChI is InChI=1S/C53H36N2/c1-53(2)47-29-27-33-14-6-7-21-40(33)48(47)49-50(34-15-4-3-5-16-34)54-52(55-51(49)53)39-20-13-19-37(31-39)35-17-12-18-36(30-35)38-26-28-45-43-24-9-8-22-41(43)42-23-10-11-25-44(42)46(45)32-38/h3-32H,1-2H3. The third-order valence-corrected chi connectivity index (χ3v) is 11.8. The van der Waals surface area contributed by atoms with Gasteiger partial charge in [-0.25, -0.2) is 9.97 Å². The molecule has 11 rings (SSSR count). The monoisotopic (exact) mass is 700 g/mol. The van der Waals surface area contributed by atoms with Crippen LogP contribution in [0.15, 0.2) is 182 Å². The van der Waals surface area contributed by atoms with Crippen LogP contribution in [0.2, 0.25) is 0 Å². The lowest BCUT2D eigenvalue weighted by molar-refractivity contribution is 0.636. The third-order valence-electron chi connectivity index (χ3n) is 11.8. The lowest BCUT2D eigenvalue weighted by Crippen LogP contribution is -2.17. The minimum Gasteiger partial charge on any atom is -0.231 e. The average molecular weight is 701 g/mol. The van der Waals surface area contributed by atoms with Crippen molar-refractivity contribution < 1.29 is 0 Å². The summed E-state index contributed by atoms with van der Waals surface area (Å²) in [5.74, 6) is 0.745. The van der Waals surface area contributed by atoms with Gasteiger partial charge in [0.2, 0.25) is 0 Å². The topological polar surface area (TPSA) is 25.8 Å². The normalized spacial score (nSPS) is 13.1. The molecule has 0 unspecified atom stereocenters. The Labute approximate surface area is 320 Å². The first kappa shape index (κ1) is 31.6. The molecule has 55 heavy (non-hydrogen) atoms. The Morgan fingerprint density at radius 3 is 1.53 bits per heavy atom. The molecule has 9 aromatic carbocycles. The first-order chi connectivity index (χ1) is 27.0. The van der Waals surface area contributed by atoms with Gasteiger partial charge in [0.1, 0.15) is 0 Å². The number of aromatic nitrogens is 2. The Bertz CT molecular complexity index is 3140. The molecular formula is C53H36N2. The number of nitrogens with zero attached hydrogens (tertiary/aromatic N) is 2. The van der Waals surface area contributed by atoms with Gasteiger partial charge >= 0.3 is 0 Å². The number of fused-ring (bicyclic) bond motifs is 11. The summed E-state index contributed by atoms with van der Waals surface area (Å²) in [7, 11) is 0. The summed E-state index contributed by atoms with van der Waals surface area (Å²) in [5.41, 5.74) is 12.2. The lowest BCUT2D eigenvalue weighted by atomic mass is 9.84. The van der Waals surface area contributed by atoms with Crippen molar-refractivity contribution in [3.8, 4) is 56.0 Å². The van der Waals surface area contributed by atoms with Crippen LogP contribution in [-0.4, -0.2) is 9.97 Å². The summed E-state index contributed by atoms with van der Waals surface area (Å²) in [6, 6.07) is 65.9. The Hall–Kier alpha value is -6.90. The van der Waals surface area contributed by atoms with Crippen molar-refractivity contribution in [1.82, 2.24) is 9.97 Å². The third kappa shape index (κ3) is 4.88. The van der Waals surface area contributed by atoms with E-state index in [1.807, 2.05) is 0 Å². The first-order valence-corrected chi connectivity index (χ1v) is 19.1. The molecule has 0 fully saturated rings. The van der Waals surface area contributed by atoms with Gasteiger partial charge in [0.25, 0.3) is 0 Å². The summed E-state index contributed by atoms with van der Waals surface area (Å²) in [6.45, 7) is 4.61. The molecule has 0 aliphatic heterocycles. The molecule has 0 radical (unpaired) electrons. The first-order valence-electron chi connectivity index (χ1n) is 19.1. The largest absolute Gasteiger partial charge is 0.231 e. The molecule has 1 heterocycles. The van der Waals surface area contributed by atoms with Gasteiger partial charge in [0.05, 0.1) is 11.4 Å². The van der Waals surface area contributed by atoms with E-state index in [2.05, 4.69) is 196 Å². The van der Waals surface area contributed by atoms with E-state index in [-0.39, 0.29) is 5.41 Å². The van der Waals surface area contributed by atoms with Crippen LogP contribution in [0.1, 0.15) is 25.1 Å². The quantitative estimate of drug-likeness (QED) is 0.171. The van der Waals surface area contributed by atoms with Crippen LogP contribution in [0.3, 0.4) is 0 Å². The van der Waals surface area contributed by atoms with Crippen molar-refractivity contribution in [2.75, 3.05) is 0 Å². The SMILES string of the molecule is CC1(C)c2ccc3ccccc3c2-c2c(-c3ccccc3)nc(-c3cccc(-c4cccc(-c5ccc6c7ccccc7c7ccccc7c6c5)c4)c3)nc21. The Morgan fingerprint density at radius 1 is 0.345 bits per heavy atom. The van der Waals surface area contributed by atoms with E-state index in [1.54, 1.807) is 0 Å². The molecular weight excluding hydrogens is 665 g/mol. The zero-order valence-corrected chi connectivity index (χ0v) is 30.7. The van der Waals surface area contributed by atoms with E-state index in [9.17, 15) is 0 Å². The molecule has 1 aliphatic carbocycles. The molecule has 2 heteroatoms. The fraction of sp³-hybridized carbons (Fsp3) is 0.0566.